The number of carbonyl (C=O) groups excluding carboxylic acids is 4. The maximum absolute atomic E-state index is 13.6. The first kappa shape index (κ1) is 31.8. The Kier molecular flexibility index (Phi) is 10.7. The molecule has 0 radical (unpaired) electrons. The molecule has 2 aliphatic heterocycles. The van der Waals surface area contributed by atoms with Crippen LogP contribution in [-0.4, -0.2) is 71.5 Å². The van der Waals surface area contributed by atoms with Crippen LogP contribution in [0.15, 0.2) is 42.5 Å². The Bertz CT molecular complexity index is 1280. The highest BCUT2D eigenvalue weighted by atomic mass is 16.5. The van der Waals surface area contributed by atoms with E-state index in [0.29, 0.717) is 58.3 Å². The number of hydrogen-bond acceptors (Lipinski definition) is 5. The van der Waals surface area contributed by atoms with Crippen molar-refractivity contribution in [3.8, 4) is 0 Å². The van der Waals surface area contributed by atoms with Crippen LogP contribution in [0.4, 0.5) is 15.3 Å². The maximum Gasteiger partial charge on any atom is 0.407 e. The number of ether oxygens (including phenoxy) is 1. The molecule has 0 bridgehead atoms. The molecule has 0 aliphatic carbocycles. The highest BCUT2D eigenvalue weighted by molar-refractivity contribution is 6.00. The van der Waals surface area contributed by atoms with Gasteiger partial charge in [0.25, 0.3) is 0 Å². The van der Waals surface area contributed by atoms with Gasteiger partial charge in [-0.3, -0.25) is 9.59 Å². The SMILES string of the molecule is CCCN1C(=O)[C@H](CCCCNC(=O)OCc2ccccc2)NC(=O)C12CCN(C(=O)Nc1c(C)cc(C)cc1C)CC2. The zero-order valence-electron chi connectivity index (χ0n) is 25.8. The van der Waals surface area contributed by atoms with Crippen LogP contribution < -0.4 is 16.0 Å². The van der Waals surface area contributed by atoms with Crippen LogP contribution in [0.1, 0.15) is 67.7 Å². The van der Waals surface area contributed by atoms with Gasteiger partial charge in [0.2, 0.25) is 11.8 Å². The molecule has 10 heteroatoms. The molecule has 2 heterocycles. The molecule has 2 aromatic carbocycles. The molecule has 2 fully saturated rings. The summed E-state index contributed by atoms with van der Waals surface area (Å²) >= 11 is 0. The number of piperidine rings is 1. The molecule has 0 aromatic heterocycles. The van der Waals surface area contributed by atoms with Crippen molar-refractivity contribution < 1.29 is 23.9 Å². The van der Waals surface area contributed by atoms with E-state index in [9.17, 15) is 19.2 Å². The van der Waals surface area contributed by atoms with Crippen molar-refractivity contribution in [3.05, 3.63) is 64.7 Å². The number of unbranched alkanes of at least 4 members (excludes halogenated alkanes) is 1. The van der Waals surface area contributed by atoms with E-state index >= 15 is 0 Å². The van der Waals surface area contributed by atoms with E-state index in [0.717, 1.165) is 34.4 Å². The normalized spacial score (nSPS) is 17.9. The fourth-order valence-electron chi connectivity index (χ4n) is 6.20. The highest BCUT2D eigenvalue weighted by Gasteiger charge is 2.53. The van der Waals surface area contributed by atoms with Crippen LogP contribution in [0.25, 0.3) is 0 Å². The number of nitrogens with zero attached hydrogens (tertiary/aromatic N) is 2. The summed E-state index contributed by atoms with van der Waals surface area (Å²) in [5, 5.41) is 8.79. The summed E-state index contributed by atoms with van der Waals surface area (Å²) in [6.45, 7) is 9.88. The van der Waals surface area contributed by atoms with Gasteiger partial charge in [0.1, 0.15) is 18.2 Å². The Labute approximate surface area is 254 Å². The lowest BCUT2D eigenvalue weighted by molar-refractivity contribution is -0.160. The van der Waals surface area contributed by atoms with Crippen LogP contribution in [0.3, 0.4) is 0 Å². The largest absolute Gasteiger partial charge is 0.445 e. The van der Waals surface area contributed by atoms with Gasteiger partial charge in [-0.25, -0.2) is 9.59 Å². The zero-order chi connectivity index (χ0) is 31.0. The van der Waals surface area contributed by atoms with Gasteiger partial charge < -0.3 is 30.5 Å². The molecule has 0 saturated carbocycles. The number of benzene rings is 2. The number of carbonyl (C=O) groups is 4. The lowest BCUT2D eigenvalue weighted by atomic mass is 9.81. The topological polar surface area (TPSA) is 120 Å². The summed E-state index contributed by atoms with van der Waals surface area (Å²) in [6, 6.07) is 12.8. The predicted molar refractivity (Wildman–Crippen MR) is 166 cm³/mol. The number of alkyl carbamates (subject to hydrolysis) is 1. The molecule has 232 valence electrons. The predicted octanol–water partition coefficient (Wildman–Crippen LogP) is 4.81. The molecular weight excluding hydrogens is 546 g/mol. The molecule has 10 nitrogen and oxygen atoms in total. The van der Waals surface area contributed by atoms with Gasteiger partial charge in [-0.2, -0.15) is 0 Å². The zero-order valence-corrected chi connectivity index (χ0v) is 25.8. The molecule has 4 rings (SSSR count). The van der Waals surface area contributed by atoms with E-state index in [1.54, 1.807) is 9.80 Å². The van der Waals surface area contributed by atoms with Gasteiger partial charge in [0.15, 0.2) is 0 Å². The number of piperazine rings is 1. The van der Waals surface area contributed by atoms with E-state index in [2.05, 4.69) is 16.0 Å². The van der Waals surface area contributed by atoms with Crippen LogP contribution in [0, 0.1) is 20.8 Å². The molecule has 1 atom stereocenters. The molecular formula is C33H45N5O5. The van der Waals surface area contributed by atoms with Gasteiger partial charge in [-0.1, -0.05) is 55.0 Å². The maximum atomic E-state index is 13.6. The summed E-state index contributed by atoms with van der Waals surface area (Å²) < 4.78 is 5.23. The van der Waals surface area contributed by atoms with Gasteiger partial charge in [0, 0.05) is 31.9 Å². The van der Waals surface area contributed by atoms with Gasteiger partial charge in [-0.15, -0.1) is 0 Å². The summed E-state index contributed by atoms with van der Waals surface area (Å²) in [7, 11) is 0. The van der Waals surface area contributed by atoms with Crippen molar-refractivity contribution >= 4 is 29.6 Å². The monoisotopic (exact) mass is 591 g/mol. The number of nitrogens with one attached hydrogen (secondary N) is 3. The molecule has 0 unspecified atom stereocenters. The minimum atomic E-state index is -0.944. The van der Waals surface area contributed by atoms with Crippen molar-refractivity contribution in [2.24, 2.45) is 0 Å². The number of amides is 5. The Hall–Kier alpha value is -4.08. The second kappa shape index (κ2) is 14.4. The fourth-order valence-corrected chi connectivity index (χ4v) is 6.20. The van der Waals surface area contributed by atoms with Crippen molar-refractivity contribution in [1.29, 1.82) is 0 Å². The van der Waals surface area contributed by atoms with Crippen molar-refractivity contribution in [2.45, 2.75) is 84.4 Å². The lowest BCUT2D eigenvalue weighted by Gasteiger charge is -2.51. The first-order valence-electron chi connectivity index (χ1n) is 15.4. The Morgan fingerprint density at radius 1 is 1.02 bits per heavy atom. The van der Waals surface area contributed by atoms with Crippen LogP contribution in [-0.2, 0) is 20.9 Å². The number of likely N-dealkylation sites (tertiary alicyclic amines) is 1. The van der Waals surface area contributed by atoms with Gasteiger partial charge in [0.05, 0.1) is 0 Å². The van der Waals surface area contributed by atoms with E-state index in [4.69, 9.17) is 4.74 Å². The Balaban J connectivity index is 1.26. The second-order valence-electron chi connectivity index (χ2n) is 11.7. The standard InChI is InChI=1S/C33H45N5O5/c1-5-17-38-29(39)27(13-9-10-16-34-32(42)43-22-26-11-7-6-8-12-26)35-30(40)33(38)14-18-37(19-15-33)31(41)36-28-24(3)20-23(2)21-25(28)4/h6-8,11-12,20-21,27H,5,9-10,13-19,22H2,1-4H3,(H,34,42)(H,35,40)(H,36,41)/t27-/m0/s1. The minimum Gasteiger partial charge on any atom is -0.445 e. The molecule has 1 spiro atoms. The minimum absolute atomic E-state index is 0.0690. The number of urea groups is 1. The lowest BCUT2D eigenvalue weighted by Crippen LogP contribution is -2.73. The van der Waals surface area contributed by atoms with Crippen LogP contribution >= 0.6 is 0 Å². The molecule has 5 amide bonds. The first-order valence-corrected chi connectivity index (χ1v) is 15.4. The fraction of sp³-hybridized carbons (Fsp3) is 0.515. The van der Waals surface area contributed by atoms with Crippen LogP contribution in [0.5, 0.6) is 0 Å². The van der Waals surface area contributed by atoms with Crippen molar-refractivity contribution in [2.75, 3.05) is 31.5 Å². The molecule has 3 N–H and O–H groups in total. The van der Waals surface area contributed by atoms with Crippen molar-refractivity contribution in [1.82, 2.24) is 20.4 Å². The highest BCUT2D eigenvalue weighted by Crippen LogP contribution is 2.34. The molecule has 2 aromatic rings. The van der Waals surface area contributed by atoms with E-state index in [1.165, 1.54) is 0 Å². The molecule has 2 saturated heterocycles. The van der Waals surface area contributed by atoms with E-state index < -0.39 is 17.7 Å². The summed E-state index contributed by atoms with van der Waals surface area (Å²) in [4.78, 5) is 55.8. The van der Waals surface area contributed by atoms with Gasteiger partial charge in [-0.05, 0) is 76.0 Å². The average molecular weight is 592 g/mol. The quantitative estimate of drug-likeness (QED) is 0.343. The second-order valence-corrected chi connectivity index (χ2v) is 11.7. The number of anilines is 1. The number of rotatable bonds is 10. The van der Waals surface area contributed by atoms with Crippen molar-refractivity contribution in [3.63, 3.8) is 0 Å². The Morgan fingerprint density at radius 2 is 1.70 bits per heavy atom. The summed E-state index contributed by atoms with van der Waals surface area (Å²) in [5.41, 5.74) is 3.95. The van der Waals surface area contributed by atoms with Gasteiger partial charge >= 0.3 is 12.1 Å². The third-order valence-electron chi connectivity index (χ3n) is 8.44. The summed E-state index contributed by atoms with van der Waals surface area (Å²) in [6.07, 6.45) is 2.85. The first-order chi connectivity index (χ1) is 20.6. The smallest absolute Gasteiger partial charge is 0.407 e. The van der Waals surface area contributed by atoms with Crippen LogP contribution in [0.2, 0.25) is 0 Å². The summed E-state index contributed by atoms with van der Waals surface area (Å²) in [5.74, 6) is -0.209. The number of hydrogen-bond donors (Lipinski definition) is 3. The Morgan fingerprint density at radius 3 is 2.35 bits per heavy atom. The third-order valence-corrected chi connectivity index (χ3v) is 8.44. The molecule has 43 heavy (non-hydrogen) atoms. The molecule has 2 aliphatic rings. The average Bonchev–Trinajstić information content (AvgIpc) is 2.99. The third kappa shape index (κ3) is 7.66. The van der Waals surface area contributed by atoms with E-state index in [-0.39, 0.29) is 24.5 Å². The van der Waals surface area contributed by atoms with E-state index in [1.807, 2.05) is 70.2 Å². The number of aryl methyl sites for hydroxylation is 3.